The van der Waals surface area contributed by atoms with Gasteiger partial charge in [-0.05, 0) is 5.56 Å². The average Bonchev–Trinajstić information content (AvgIpc) is 2.19. The summed E-state index contributed by atoms with van der Waals surface area (Å²) >= 11 is 2.08. The van der Waals surface area contributed by atoms with Gasteiger partial charge in [0.2, 0.25) is 0 Å². The van der Waals surface area contributed by atoms with Gasteiger partial charge in [0, 0.05) is 23.1 Å². The van der Waals surface area contributed by atoms with Gasteiger partial charge in [-0.1, -0.05) is 44.2 Å². The molecule has 1 saturated heterocycles. The summed E-state index contributed by atoms with van der Waals surface area (Å²) in [7, 11) is 0. The van der Waals surface area contributed by atoms with E-state index in [0.29, 0.717) is 11.3 Å². The Labute approximate surface area is 90.3 Å². The Morgan fingerprint density at radius 2 is 1.93 bits per heavy atom. The van der Waals surface area contributed by atoms with Crippen molar-refractivity contribution in [2.75, 3.05) is 6.54 Å². The van der Waals surface area contributed by atoms with Gasteiger partial charge in [0.1, 0.15) is 0 Å². The van der Waals surface area contributed by atoms with E-state index in [1.165, 1.54) is 5.56 Å². The van der Waals surface area contributed by atoms with Crippen LogP contribution < -0.4 is 5.32 Å². The fourth-order valence-corrected chi connectivity index (χ4v) is 3.34. The summed E-state index contributed by atoms with van der Waals surface area (Å²) in [5.41, 5.74) is 1.42. The highest BCUT2D eigenvalue weighted by Gasteiger charge is 2.25. The lowest BCUT2D eigenvalue weighted by Gasteiger charge is -2.33. The third kappa shape index (κ3) is 2.12. The van der Waals surface area contributed by atoms with Crippen molar-refractivity contribution in [2.24, 2.45) is 0 Å². The molecular formula is C12H17NS. The van der Waals surface area contributed by atoms with Gasteiger partial charge in [0.15, 0.2) is 0 Å². The van der Waals surface area contributed by atoms with Gasteiger partial charge >= 0.3 is 0 Å². The molecule has 1 heterocycles. The summed E-state index contributed by atoms with van der Waals surface area (Å²) in [6.07, 6.45) is 0. The first-order valence-electron chi connectivity index (χ1n) is 5.21. The zero-order valence-corrected chi connectivity index (χ0v) is 9.55. The maximum absolute atomic E-state index is 3.61. The number of rotatable bonds is 1. The Balaban J connectivity index is 2.12. The van der Waals surface area contributed by atoms with Gasteiger partial charge in [0.05, 0.1) is 0 Å². The minimum Gasteiger partial charge on any atom is -0.308 e. The van der Waals surface area contributed by atoms with Crippen molar-refractivity contribution < 1.29 is 0 Å². The molecule has 0 saturated carbocycles. The van der Waals surface area contributed by atoms with E-state index in [1.807, 2.05) is 0 Å². The van der Waals surface area contributed by atoms with E-state index in [9.17, 15) is 0 Å². The molecule has 2 rings (SSSR count). The average molecular weight is 207 g/mol. The third-order valence-corrected chi connectivity index (χ3v) is 4.03. The second-order valence-electron chi connectivity index (χ2n) is 3.95. The van der Waals surface area contributed by atoms with Crippen LogP contribution in [0.1, 0.15) is 25.5 Å². The van der Waals surface area contributed by atoms with Crippen LogP contribution in [0.3, 0.4) is 0 Å². The van der Waals surface area contributed by atoms with Crippen molar-refractivity contribution in [3.8, 4) is 0 Å². The summed E-state index contributed by atoms with van der Waals surface area (Å²) in [6, 6.07) is 11.3. The molecule has 1 aromatic carbocycles. The summed E-state index contributed by atoms with van der Waals surface area (Å²) < 4.78 is 0. The van der Waals surface area contributed by atoms with Crippen molar-refractivity contribution in [3.05, 3.63) is 35.9 Å². The van der Waals surface area contributed by atoms with Gasteiger partial charge in [-0.25, -0.2) is 0 Å². The normalized spacial score (nSPS) is 32.9. The van der Waals surface area contributed by atoms with Crippen molar-refractivity contribution in [3.63, 3.8) is 0 Å². The molecule has 1 aromatic rings. The molecule has 1 N–H and O–H groups in total. The van der Waals surface area contributed by atoms with E-state index in [1.54, 1.807) is 0 Å². The van der Waals surface area contributed by atoms with Crippen molar-refractivity contribution in [2.45, 2.75) is 30.4 Å². The number of nitrogens with one attached hydrogen (secondary N) is 1. The first kappa shape index (κ1) is 10.1. The molecule has 1 aliphatic rings. The van der Waals surface area contributed by atoms with Crippen LogP contribution in [0.15, 0.2) is 30.3 Å². The molecule has 0 aromatic heterocycles. The van der Waals surface area contributed by atoms with Crippen molar-refractivity contribution in [1.29, 1.82) is 0 Å². The Kier molecular flexibility index (Phi) is 3.14. The summed E-state index contributed by atoms with van der Waals surface area (Å²) in [5.74, 6) is 0. The van der Waals surface area contributed by atoms with Crippen LogP contribution in [-0.2, 0) is 0 Å². The molecule has 1 fully saturated rings. The Hall–Kier alpha value is -0.470. The van der Waals surface area contributed by atoms with Crippen molar-refractivity contribution in [1.82, 2.24) is 5.32 Å². The van der Waals surface area contributed by atoms with Gasteiger partial charge in [-0.3, -0.25) is 0 Å². The molecule has 0 spiro atoms. The first-order valence-corrected chi connectivity index (χ1v) is 6.15. The van der Waals surface area contributed by atoms with Crippen molar-refractivity contribution >= 4 is 11.8 Å². The topological polar surface area (TPSA) is 12.0 Å². The molecule has 3 unspecified atom stereocenters. The van der Waals surface area contributed by atoms with Crippen LogP contribution in [0.25, 0.3) is 0 Å². The van der Waals surface area contributed by atoms with Gasteiger partial charge in [-0.15, -0.1) is 0 Å². The Morgan fingerprint density at radius 1 is 1.21 bits per heavy atom. The summed E-state index contributed by atoms with van der Waals surface area (Å²) in [5, 5.41) is 5.02. The SMILES string of the molecule is CC1CNC(c2ccccc2)C(C)S1. The maximum Gasteiger partial charge on any atom is 0.0438 e. The standard InChI is InChI=1S/C12H17NS/c1-9-8-13-12(10(2)14-9)11-6-4-3-5-7-11/h3-7,9-10,12-13H,8H2,1-2H3. The molecule has 3 atom stereocenters. The fraction of sp³-hybridized carbons (Fsp3) is 0.500. The van der Waals surface area contributed by atoms with Crippen LogP contribution >= 0.6 is 11.8 Å². The van der Waals surface area contributed by atoms with Crippen LogP contribution in [0.5, 0.6) is 0 Å². The molecule has 0 radical (unpaired) electrons. The van der Waals surface area contributed by atoms with Gasteiger partial charge in [0.25, 0.3) is 0 Å². The van der Waals surface area contributed by atoms with E-state index in [2.05, 4.69) is 61.3 Å². The first-order chi connectivity index (χ1) is 6.77. The highest BCUT2D eigenvalue weighted by Crippen LogP contribution is 2.32. The van der Waals surface area contributed by atoms with E-state index >= 15 is 0 Å². The molecule has 76 valence electrons. The lowest BCUT2D eigenvalue weighted by molar-refractivity contribution is 0.510. The minimum absolute atomic E-state index is 0.525. The number of thioether (sulfide) groups is 1. The monoisotopic (exact) mass is 207 g/mol. The fourth-order valence-electron chi connectivity index (χ4n) is 2.00. The highest BCUT2D eigenvalue weighted by atomic mass is 32.2. The zero-order valence-electron chi connectivity index (χ0n) is 8.73. The second-order valence-corrected chi connectivity index (χ2v) is 5.77. The molecule has 0 aliphatic carbocycles. The highest BCUT2D eigenvalue weighted by molar-refractivity contribution is 8.00. The lowest BCUT2D eigenvalue weighted by atomic mass is 10.0. The quantitative estimate of drug-likeness (QED) is 0.760. The number of hydrogen-bond donors (Lipinski definition) is 1. The zero-order chi connectivity index (χ0) is 9.97. The molecule has 1 aliphatic heterocycles. The Bertz CT molecular complexity index is 286. The smallest absolute Gasteiger partial charge is 0.0438 e. The molecule has 2 heteroatoms. The third-order valence-electron chi connectivity index (χ3n) is 2.70. The predicted molar refractivity (Wildman–Crippen MR) is 63.7 cm³/mol. The maximum atomic E-state index is 3.61. The number of benzene rings is 1. The predicted octanol–water partition coefficient (Wildman–Crippen LogP) is 2.84. The summed E-state index contributed by atoms with van der Waals surface area (Å²) in [6.45, 7) is 5.72. The number of hydrogen-bond acceptors (Lipinski definition) is 2. The molecular weight excluding hydrogens is 190 g/mol. The molecule has 1 nitrogen and oxygen atoms in total. The molecule has 14 heavy (non-hydrogen) atoms. The molecule has 0 amide bonds. The van der Waals surface area contributed by atoms with Crippen LogP contribution in [0.2, 0.25) is 0 Å². The Morgan fingerprint density at radius 3 is 2.57 bits per heavy atom. The minimum atomic E-state index is 0.525. The van der Waals surface area contributed by atoms with Gasteiger partial charge in [-0.2, -0.15) is 11.8 Å². The largest absolute Gasteiger partial charge is 0.308 e. The van der Waals surface area contributed by atoms with Crippen LogP contribution in [0, 0.1) is 0 Å². The van der Waals surface area contributed by atoms with E-state index in [4.69, 9.17) is 0 Å². The van der Waals surface area contributed by atoms with Crippen LogP contribution in [0.4, 0.5) is 0 Å². The van der Waals surface area contributed by atoms with Gasteiger partial charge < -0.3 is 5.32 Å². The van der Waals surface area contributed by atoms with E-state index < -0.39 is 0 Å². The van der Waals surface area contributed by atoms with Crippen LogP contribution in [-0.4, -0.2) is 17.0 Å². The summed E-state index contributed by atoms with van der Waals surface area (Å²) in [4.78, 5) is 0. The lowest BCUT2D eigenvalue weighted by Crippen LogP contribution is -2.39. The second kappa shape index (κ2) is 4.37. The van der Waals surface area contributed by atoms with E-state index in [0.717, 1.165) is 11.8 Å². The molecule has 0 bridgehead atoms. The van der Waals surface area contributed by atoms with E-state index in [-0.39, 0.29) is 0 Å².